The summed E-state index contributed by atoms with van der Waals surface area (Å²) in [7, 11) is 0. The fourth-order valence-electron chi connectivity index (χ4n) is 4.30. The normalized spacial score (nSPS) is 27.2. The number of amides is 4. The Morgan fingerprint density at radius 3 is 2.90 bits per heavy atom. The van der Waals surface area contributed by atoms with E-state index in [1.165, 1.54) is 11.3 Å². The van der Waals surface area contributed by atoms with E-state index in [0.717, 1.165) is 5.69 Å². The molecule has 0 unspecified atom stereocenters. The number of carbonyl (C=O) groups is 3. The van der Waals surface area contributed by atoms with Gasteiger partial charge in [-0.05, 0) is 24.3 Å². The average molecular weight is 422 g/mol. The molecule has 4 rings (SSSR count). The Kier molecular flexibility index (Phi) is 6.31. The van der Waals surface area contributed by atoms with E-state index in [2.05, 4.69) is 20.9 Å². The number of urea groups is 1. The molecule has 158 valence electrons. The number of nitrogens with one attached hydrogen (secondary N) is 3. The van der Waals surface area contributed by atoms with Crippen LogP contribution in [-0.2, 0) is 14.3 Å². The number of fused-ring (bicyclic) bond motifs is 1. The molecule has 0 aliphatic carbocycles. The molecule has 0 bridgehead atoms. The molecule has 1 aromatic heterocycles. The van der Waals surface area contributed by atoms with Crippen molar-refractivity contribution in [1.82, 2.24) is 20.4 Å². The van der Waals surface area contributed by atoms with Crippen molar-refractivity contribution >= 4 is 34.9 Å². The monoisotopic (exact) mass is 421 g/mol. The molecule has 4 amide bonds. The molecule has 0 radical (unpaired) electrons. The van der Waals surface area contributed by atoms with E-state index < -0.39 is 0 Å². The molecule has 29 heavy (non-hydrogen) atoms. The number of anilines is 1. The number of nitrogens with zero attached hydrogens (tertiary/aromatic N) is 2. The number of morpholine rings is 1. The van der Waals surface area contributed by atoms with Crippen LogP contribution in [0.2, 0.25) is 0 Å². The van der Waals surface area contributed by atoms with Gasteiger partial charge in [0.1, 0.15) is 0 Å². The lowest BCUT2D eigenvalue weighted by Gasteiger charge is -2.37. The molecular formula is C19H27N5O4S. The number of carbonyl (C=O) groups excluding carboxylic acids is 3. The van der Waals surface area contributed by atoms with Gasteiger partial charge in [0.25, 0.3) is 0 Å². The Hall–Kier alpha value is -2.17. The van der Waals surface area contributed by atoms with Crippen molar-refractivity contribution in [1.29, 1.82) is 0 Å². The van der Waals surface area contributed by atoms with Crippen LogP contribution in [0, 0.1) is 0 Å². The molecule has 4 heterocycles. The zero-order valence-electron chi connectivity index (χ0n) is 16.3. The molecule has 3 aliphatic heterocycles. The first kappa shape index (κ1) is 20.1. The highest BCUT2D eigenvalue weighted by atomic mass is 32.1. The number of rotatable bonds is 5. The summed E-state index contributed by atoms with van der Waals surface area (Å²) in [6, 6.07) is 1.35. The molecule has 9 nitrogen and oxygen atoms in total. The first-order valence-corrected chi connectivity index (χ1v) is 11.0. The third kappa shape index (κ3) is 4.88. The highest BCUT2D eigenvalue weighted by molar-refractivity contribution is 7.08. The highest BCUT2D eigenvalue weighted by Crippen LogP contribution is 2.26. The molecular weight excluding hydrogens is 394 g/mol. The van der Waals surface area contributed by atoms with E-state index in [4.69, 9.17) is 4.74 Å². The smallest absolute Gasteiger partial charge is 0.319 e. The quantitative estimate of drug-likeness (QED) is 0.641. The number of ether oxygens (including phenoxy) is 1. The van der Waals surface area contributed by atoms with Crippen LogP contribution >= 0.6 is 11.3 Å². The van der Waals surface area contributed by atoms with Gasteiger partial charge in [-0.25, -0.2) is 4.79 Å². The summed E-state index contributed by atoms with van der Waals surface area (Å²) in [6.07, 6.45) is 1.73. The fraction of sp³-hybridized carbons (Fsp3) is 0.632. The molecule has 3 atom stereocenters. The van der Waals surface area contributed by atoms with E-state index in [1.807, 2.05) is 21.7 Å². The zero-order chi connectivity index (χ0) is 20.2. The number of hydrogen-bond donors (Lipinski definition) is 3. The SMILES string of the molecule is O=C(Nc1ccsc1)N[C@H]1C[C@H]2C(=O)NC[C@@H](CCC(=O)N3CCOCC3)N2C1. The van der Waals surface area contributed by atoms with Crippen LogP contribution in [0.25, 0.3) is 0 Å². The van der Waals surface area contributed by atoms with Crippen molar-refractivity contribution < 1.29 is 19.1 Å². The average Bonchev–Trinajstić information content (AvgIpc) is 3.38. The van der Waals surface area contributed by atoms with Crippen molar-refractivity contribution in [2.45, 2.75) is 37.4 Å². The highest BCUT2D eigenvalue weighted by Gasteiger charge is 2.43. The van der Waals surface area contributed by atoms with Crippen LogP contribution in [0.4, 0.5) is 10.5 Å². The van der Waals surface area contributed by atoms with Crippen molar-refractivity contribution in [3.05, 3.63) is 16.8 Å². The number of piperazine rings is 1. The van der Waals surface area contributed by atoms with E-state index in [9.17, 15) is 14.4 Å². The molecule has 3 fully saturated rings. The van der Waals surface area contributed by atoms with Crippen LogP contribution in [0.3, 0.4) is 0 Å². The first-order valence-electron chi connectivity index (χ1n) is 10.1. The van der Waals surface area contributed by atoms with Gasteiger partial charge in [0, 0.05) is 50.1 Å². The van der Waals surface area contributed by atoms with E-state index in [-0.39, 0.29) is 36.0 Å². The lowest BCUT2D eigenvalue weighted by Crippen LogP contribution is -2.58. The summed E-state index contributed by atoms with van der Waals surface area (Å²) in [5.41, 5.74) is 0.764. The topological polar surface area (TPSA) is 103 Å². The van der Waals surface area contributed by atoms with E-state index in [1.54, 1.807) is 0 Å². The van der Waals surface area contributed by atoms with Gasteiger partial charge in [0.2, 0.25) is 11.8 Å². The van der Waals surface area contributed by atoms with E-state index in [0.29, 0.717) is 58.7 Å². The Morgan fingerprint density at radius 2 is 2.14 bits per heavy atom. The molecule has 3 aliphatic rings. The summed E-state index contributed by atoms with van der Waals surface area (Å²) < 4.78 is 5.30. The summed E-state index contributed by atoms with van der Waals surface area (Å²) in [5, 5.41) is 12.5. The van der Waals surface area contributed by atoms with Crippen LogP contribution in [0.5, 0.6) is 0 Å². The largest absolute Gasteiger partial charge is 0.378 e. The maximum Gasteiger partial charge on any atom is 0.319 e. The van der Waals surface area contributed by atoms with Crippen LogP contribution in [0.1, 0.15) is 19.3 Å². The van der Waals surface area contributed by atoms with Crippen molar-refractivity contribution in [3.63, 3.8) is 0 Å². The summed E-state index contributed by atoms with van der Waals surface area (Å²) in [4.78, 5) is 41.0. The van der Waals surface area contributed by atoms with Gasteiger partial charge in [0.15, 0.2) is 0 Å². The Labute approximate surface area is 173 Å². The predicted octanol–water partition coefficient (Wildman–Crippen LogP) is 0.450. The minimum Gasteiger partial charge on any atom is -0.378 e. The molecule has 1 aromatic rings. The molecule has 0 saturated carbocycles. The molecule has 3 saturated heterocycles. The second-order valence-electron chi connectivity index (χ2n) is 7.69. The van der Waals surface area contributed by atoms with Gasteiger partial charge >= 0.3 is 6.03 Å². The number of thiophene rings is 1. The van der Waals surface area contributed by atoms with Gasteiger partial charge in [0.05, 0.1) is 24.9 Å². The molecule has 10 heteroatoms. The molecule has 0 spiro atoms. The van der Waals surface area contributed by atoms with Gasteiger partial charge in [-0.1, -0.05) is 0 Å². The lowest BCUT2D eigenvalue weighted by molar-refractivity contribution is -0.136. The van der Waals surface area contributed by atoms with Gasteiger partial charge in [-0.15, -0.1) is 0 Å². The predicted molar refractivity (Wildman–Crippen MR) is 109 cm³/mol. The summed E-state index contributed by atoms with van der Waals surface area (Å²) in [6.45, 7) is 3.65. The van der Waals surface area contributed by atoms with Crippen molar-refractivity contribution in [2.24, 2.45) is 0 Å². The first-order chi connectivity index (χ1) is 14.1. The zero-order valence-corrected chi connectivity index (χ0v) is 17.1. The Morgan fingerprint density at radius 1 is 1.31 bits per heavy atom. The maximum atomic E-state index is 12.5. The van der Waals surface area contributed by atoms with Gasteiger partial charge in [-0.3, -0.25) is 14.5 Å². The number of hydrogen-bond acceptors (Lipinski definition) is 6. The van der Waals surface area contributed by atoms with Crippen LogP contribution in [-0.4, -0.2) is 85.2 Å². The third-order valence-electron chi connectivity index (χ3n) is 5.79. The summed E-state index contributed by atoms with van der Waals surface area (Å²) >= 11 is 1.52. The van der Waals surface area contributed by atoms with Gasteiger partial charge in [-0.2, -0.15) is 11.3 Å². The Balaban J connectivity index is 1.29. The van der Waals surface area contributed by atoms with Gasteiger partial charge < -0.3 is 25.6 Å². The minimum atomic E-state index is -0.257. The molecule has 0 aromatic carbocycles. The second-order valence-corrected chi connectivity index (χ2v) is 8.47. The standard InChI is InChI=1S/C19H27N5O4S/c25-17(23-4-6-28-7-5-23)2-1-15-10-20-18(26)16-9-14(11-24(15)16)22-19(27)21-13-3-8-29-12-13/h3,8,12,14-16H,1-2,4-7,9-11H2,(H,20,26)(H2,21,22,27)/t14-,15+,16-/m0/s1. The minimum absolute atomic E-state index is 0.00305. The fourth-order valence-corrected chi connectivity index (χ4v) is 4.89. The van der Waals surface area contributed by atoms with Crippen LogP contribution in [0.15, 0.2) is 16.8 Å². The van der Waals surface area contributed by atoms with E-state index >= 15 is 0 Å². The maximum absolute atomic E-state index is 12.5. The van der Waals surface area contributed by atoms with Crippen molar-refractivity contribution in [2.75, 3.05) is 44.7 Å². The third-order valence-corrected chi connectivity index (χ3v) is 6.48. The van der Waals surface area contributed by atoms with Crippen molar-refractivity contribution in [3.8, 4) is 0 Å². The summed E-state index contributed by atoms with van der Waals surface area (Å²) in [5.74, 6) is 0.147. The molecule has 3 N–H and O–H groups in total. The Bertz CT molecular complexity index is 737. The lowest BCUT2D eigenvalue weighted by atomic mass is 10.0. The van der Waals surface area contributed by atoms with Crippen LogP contribution < -0.4 is 16.0 Å². The second kappa shape index (κ2) is 9.10.